The molecule has 4 rings (SSSR count). The third kappa shape index (κ3) is 4.83. The van der Waals surface area contributed by atoms with E-state index in [9.17, 15) is 9.59 Å². The van der Waals surface area contributed by atoms with E-state index in [-0.39, 0.29) is 5.91 Å². The Morgan fingerprint density at radius 3 is 2.44 bits per heavy atom. The second kappa shape index (κ2) is 9.95. The third-order valence-electron chi connectivity index (χ3n) is 6.93. The van der Waals surface area contributed by atoms with E-state index in [0.29, 0.717) is 34.8 Å². The van der Waals surface area contributed by atoms with Crippen LogP contribution in [0.25, 0.3) is 6.20 Å². The van der Waals surface area contributed by atoms with Crippen molar-refractivity contribution in [3.63, 3.8) is 0 Å². The molecule has 2 aromatic rings. The molecule has 2 aliphatic rings. The first-order chi connectivity index (χ1) is 16.4. The monoisotopic (exact) mass is 465 g/mol. The molecule has 2 N–H and O–H groups in total. The highest BCUT2D eigenvalue weighted by Crippen LogP contribution is 2.25. The minimum Gasteiger partial charge on any atom is -0.497 e. The van der Waals surface area contributed by atoms with Crippen molar-refractivity contribution in [3.05, 3.63) is 63.7 Å². The molecule has 2 aliphatic heterocycles. The molecule has 0 aromatic heterocycles. The van der Waals surface area contributed by atoms with Crippen LogP contribution in [0.5, 0.6) is 5.75 Å². The summed E-state index contributed by atoms with van der Waals surface area (Å²) in [6.45, 7) is 5.47. The van der Waals surface area contributed by atoms with Crippen LogP contribution in [-0.2, 0) is 4.74 Å². The highest BCUT2D eigenvalue weighted by Gasteiger charge is 2.35. The van der Waals surface area contributed by atoms with E-state index in [4.69, 9.17) is 20.3 Å². The number of likely N-dealkylation sites (tertiary alicyclic amines) is 1. The maximum absolute atomic E-state index is 12.9. The third-order valence-corrected chi connectivity index (χ3v) is 6.93. The lowest BCUT2D eigenvalue weighted by atomic mass is 9.95. The van der Waals surface area contributed by atoms with E-state index in [2.05, 4.69) is 6.20 Å². The molecule has 1 saturated heterocycles. The SMILES string of the molecule is COCC[N+]1(CC2CCN(C(=O)c3ccc(OC)cc3)CC2)C=c2c(C)c(C(N)=O)ccc2=N1. The molecule has 8 heteroatoms. The second-order valence-corrected chi connectivity index (χ2v) is 9.11. The van der Waals surface area contributed by atoms with E-state index in [0.717, 1.165) is 54.4 Å². The smallest absolute Gasteiger partial charge is 0.253 e. The van der Waals surface area contributed by atoms with Gasteiger partial charge in [-0.2, -0.15) is 4.59 Å². The Labute approximate surface area is 199 Å². The first-order valence-electron chi connectivity index (χ1n) is 11.7. The Balaban J connectivity index is 1.48. The van der Waals surface area contributed by atoms with Gasteiger partial charge in [-0.15, -0.1) is 0 Å². The Morgan fingerprint density at radius 2 is 1.82 bits per heavy atom. The van der Waals surface area contributed by atoms with Crippen molar-refractivity contribution in [1.82, 2.24) is 4.90 Å². The van der Waals surface area contributed by atoms with Crippen molar-refractivity contribution in [2.75, 3.05) is 47.0 Å². The summed E-state index contributed by atoms with van der Waals surface area (Å²) in [6.07, 6.45) is 3.98. The molecular weight excluding hydrogens is 432 g/mol. The van der Waals surface area contributed by atoms with Gasteiger partial charge in [0.05, 0.1) is 18.9 Å². The van der Waals surface area contributed by atoms with E-state index >= 15 is 0 Å². The summed E-state index contributed by atoms with van der Waals surface area (Å²) in [5, 5.41) is 6.90. The molecule has 2 amide bonds. The number of benzene rings is 2. The van der Waals surface area contributed by atoms with Crippen LogP contribution in [0.1, 0.15) is 39.1 Å². The Morgan fingerprint density at radius 1 is 1.12 bits per heavy atom. The van der Waals surface area contributed by atoms with E-state index < -0.39 is 5.91 Å². The van der Waals surface area contributed by atoms with E-state index in [1.807, 2.05) is 42.2 Å². The number of methoxy groups -OCH3 is 2. The van der Waals surface area contributed by atoms with Crippen LogP contribution >= 0.6 is 0 Å². The van der Waals surface area contributed by atoms with Gasteiger partial charge in [0.25, 0.3) is 5.91 Å². The van der Waals surface area contributed by atoms with Crippen molar-refractivity contribution in [1.29, 1.82) is 0 Å². The molecule has 34 heavy (non-hydrogen) atoms. The van der Waals surface area contributed by atoms with Crippen LogP contribution in [0.4, 0.5) is 0 Å². The largest absolute Gasteiger partial charge is 0.497 e. The number of nitrogens with zero attached hydrogens (tertiary/aromatic N) is 3. The number of fused-ring (bicyclic) bond motifs is 1. The fourth-order valence-electron chi connectivity index (χ4n) is 4.95. The zero-order chi connectivity index (χ0) is 24.3. The van der Waals surface area contributed by atoms with Gasteiger partial charge in [-0.3, -0.25) is 9.59 Å². The van der Waals surface area contributed by atoms with Gasteiger partial charge < -0.3 is 20.1 Å². The quantitative estimate of drug-likeness (QED) is 0.597. The molecule has 1 fully saturated rings. The molecule has 0 spiro atoms. The minimum absolute atomic E-state index is 0.0591. The molecule has 8 nitrogen and oxygen atoms in total. The van der Waals surface area contributed by atoms with Gasteiger partial charge in [-0.25, -0.2) is 0 Å². The van der Waals surface area contributed by atoms with E-state index in [1.54, 1.807) is 20.3 Å². The molecule has 1 atom stereocenters. The van der Waals surface area contributed by atoms with Crippen LogP contribution in [0.3, 0.4) is 0 Å². The molecule has 0 radical (unpaired) electrons. The fraction of sp³-hybridized carbons (Fsp3) is 0.423. The molecule has 0 bridgehead atoms. The zero-order valence-electron chi connectivity index (χ0n) is 20.1. The lowest BCUT2D eigenvalue weighted by Crippen LogP contribution is -2.46. The summed E-state index contributed by atoms with van der Waals surface area (Å²) in [4.78, 5) is 26.7. The number of piperidine rings is 1. The standard InChI is InChI=1S/C26H32N4O4/c1-18-22(25(27)31)8-9-24-23(18)17-30(28-24,14-15-33-2)16-19-10-12-29(13-11-19)26(32)20-4-6-21(34-3)7-5-20/h4-9,17,19H,10-16H2,1-3H3,(H-,27,31)/p+1. The summed E-state index contributed by atoms with van der Waals surface area (Å²) in [7, 11) is 3.31. The second-order valence-electron chi connectivity index (χ2n) is 9.11. The Hall–Kier alpha value is -3.23. The first kappa shape index (κ1) is 23.9. The minimum atomic E-state index is -0.426. The number of primary amides is 1. The number of amides is 2. The molecular formula is C26H33N4O4+. The molecule has 1 unspecified atom stereocenters. The van der Waals surface area contributed by atoms with Crippen molar-refractivity contribution < 1.29 is 23.7 Å². The molecule has 2 heterocycles. The van der Waals surface area contributed by atoms with Gasteiger partial charge >= 0.3 is 0 Å². The Bertz CT molecular complexity index is 1190. The predicted octanol–water partition coefficient (Wildman–Crippen LogP) is 1.40. The number of quaternary nitrogens is 1. The van der Waals surface area contributed by atoms with Crippen molar-refractivity contribution in [3.8, 4) is 5.75 Å². The average molecular weight is 466 g/mol. The summed E-state index contributed by atoms with van der Waals surface area (Å²) < 4.78 is 11.0. The number of ether oxygens (including phenoxy) is 2. The molecule has 180 valence electrons. The van der Waals surface area contributed by atoms with Crippen LogP contribution < -0.4 is 21.0 Å². The van der Waals surface area contributed by atoms with E-state index in [1.165, 1.54) is 0 Å². The van der Waals surface area contributed by atoms with Gasteiger partial charge in [0, 0.05) is 37.2 Å². The van der Waals surface area contributed by atoms with Crippen LogP contribution in [0, 0.1) is 12.8 Å². The van der Waals surface area contributed by atoms with Crippen LogP contribution in [0.15, 0.2) is 41.5 Å². The number of rotatable bonds is 8. The maximum Gasteiger partial charge on any atom is 0.253 e. The number of carbonyl (C=O) groups excluding carboxylic acids is 2. The Kier molecular flexibility index (Phi) is 7.00. The lowest BCUT2D eigenvalue weighted by molar-refractivity contribution is -0.864. The zero-order valence-corrected chi connectivity index (χ0v) is 20.1. The molecule has 2 aromatic carbocycles. The molecule has 0 aliphatic carbocycles. The highest BCUT2D eigenvalue weighted by molar-refractivity contribution is 5.94. The first-order valence-corrected chi connectivity index (χ1v) is 11.7. The van der Waals surface area contributed by atoms with Crippen LogP contribution in [0.2, 0.25) is 0 Å². The summed E-state index contributed by atoms with van der Waals surface area (Å²) in [5.41, 5.74) is 7.63. The fourth-order valence-corrected chi connectivity index (χ4v) is 4.95. The number of carbonyl (C=O) groups is 2. The number of hydrogen-bond donors (Lipinski definition) is 1. The van der Waals surface area contributed by atoms with Crippen LogP contribution in [-0.4, -0.2) is 68.3 Å². The maximum atomic E-state index is 12.9. The normalized spacial score (nSPS) is 19.8. The highest BCUT2D eigenvalue weighted by atomic mass is 16.5. The summed E-state index contributed by atoms with van der Waals surface area (Å²) in [5.74, 6) is 0.792. The van der Waals surface area contributed by atoms with Gasteiger partial charge in [0.1, 0.15) is 30.4 Å². The van der Waals surface area contributed by atoms with Crippen molar-refractivity contribution >= 4 is 18.0 Å². The predicted molar refractivity (Wildman–Crippen MR) is 128 cm³/mol. The number of nitrogens with two attached hydrogens (primary N) is 1. The molecule has 0 saturated carbocycles. The van der Waals surface area contributed by atoms with Gasteiger partial charge in [0.15, 0.2) is 0 Å². The van der Waals surface area contributed by atoms with Gasteiger partial charge in [-0.05, 0) is 61.7 Å². The van der Waals surface area contributed by atoms with Crippen molar-refractivity contribution in [2.45, 2.75) is 19.8 Å². The van der Waals surface area contributed by atoms with Gasteiger partial charge in [0.2, 0.25) is 5.91 Å². The van der Waals surface area contributed by atoms with Gasteiger partial charge in [-0.1, -0.05) is 5.10 Å². The summed E-state index contributed by atoms with van der Waals surface area (Å²) in [6, 6.07) is 10.9. The topological polar surface area (TPSA) is 94.2 Å². The number of hydrogen-bond acceptors (Lipinski definition) is 5. The summed E-state index contributed by atoms with van der Waals surface area (Å²) >= 11 is 0. The lowest BCUT2D eigenvalue weighted by Gasteiger charge is -2.35. The van der Waals surface area contributed by atoms with Crippen molar-refractivity contribution in [2.24, 2.45) is 16.8 Å². The average Bonchev–Trinajstić information content (AvgIpc) is 3.22.